The lowest BCUT2D eigenvalue weighted by atomic mass is 10.0. The molecular weight excluding hydrogens is 350 g/mol. The van der Waals surface area contributed by atoms with Crippen molar-refractivity contribution in [2.45, 2.75) is 90.3 Å². The number of ether oxygens (including phenoxy) is 1. The van der Waals surface area contributed by atoms with Gasteiger partial charge >= 0.3 is 6.09 Å². The number of hydrogen-bond donors (Lipinski definition) is 1. The number of likely N-dealkylation sites (tertiary alicyclic amines) is 1. The van der Waals surface area contributed by atoms with Crippen molar-refractivity contribution in [1.82, 2.24) is 10.2 Å². The predicted octanol–water partition coefficient (Wildman–Crippen LogP) is 3.56. The molecule has 0 saturated carbocycles. The first-order chi connectivity index (χ1) is 11.7. The summed E-state index contributed by atoms with van der Waals surface area (Å²) in [5.74, 6) is 0.467. The smallest absolute Gasteiger partial charge is 0.408 e. The molecule has 0 aromatic carbocycles. The molecule has 0 bridgehead atoms. The van der Waals surface area contributed by atoms with Crippen molar-refractivity contribution in [2.24, 2.45) is 5.92 Å². The third-order valence-corrected chi connectivity index (χ3v) is 5.63. The van der Waals surface area contributed by atoms with Crippen molar-refractivity contribution in [1.29, 1.82) is 5.26 Å². The molecule has 0 aliphatic carbocycles. The summed E-state index contributed by atoms with van der Waals surface area (Å²) < 4.78 is 5.27. The Labute approximate surface area is 162 Å². The van der Waals surface area contributed by atoms with Crippen molar-refractivity contribution >= 4 is 23.8 Å². The van der Waals surface area contributed by atoms with E-state index in [1.54, 1.807) is 37.4 Å². The average Bonchev–Trinajstić information content (AvgIpc) is 2.75. The van der Waals surface area contributed by atoms with Crippen molar-refractivity contribution in [3.05, 3.63) is 0 Å². The Balaban J connectivity index is 2.97. The summed E-state index contributed by atoms with van der Waals surface area (Å²) in [6.07, 6.45) is 0.0494. The predicted molar refractivity (Wildman–Crippen MR) is 105 cm³/mol. The first-order valence-corrected chi connectivity index (χ1v) is 10.1. The van der Waals surface area contributed by atoms with E-state index in [9.17, 15) is 14.9 Å². The lowest BCUT2D eigenvalue weighted by molar-refractivity contribution is -0.134. The molecule has 1 N–H and O–H groups in total. The van der Waals surface area contributed by atoms with Gasteiger partial charge in [-0.3, -0.25) is 4.79 Å². The highest BCUT2D eigenvalue weighted by atomic mass is 32.2. The highest BCUT2D eigenvalue weighted by molar-refractivity contribution is 8.00. The first kappa shape index (κ1) is 22.6. The zero-order chi connectivity index (χ0) is 20.3. The molecule has 1 fully saturated rings. The topological polar surface area (TPSA) is 82.4 Å². The maximum atomic E-state index is 13.2. The van der Waals surface area contributed by atoms with E-state index in [4.69, 9.17) is 4.74 Å². The summed E-state index contributed by atoms with van der Waals surface area (Å²) in [6.45, 7) is 15.5. The molecule has 1 rings (SSSR count). The standard InChI is InChI=1S/C19H33N3O3S/c1-12-9-14(10-20)22(13(12)2)16(23)15(11-26-19(6,7)8)21-17(24)25-18(3,4)5/h12-15H,9,11H2,1-8H3,(H,21,24)/t12-,13-,14-,15-/m0/s1. The first-order valence-electron chi connectivity index (χ1n) is 9.10. The summed E-state index contributed by atoms with van der Waals surface area (Å²) >= 11 is 1.60. The van der Waals surface area contributed by atoms with E-state index in [0.29, 0.717) is 12.2 Å². The third kappa shape index (κ3) is 6.71. The number of nitrogens with zero attached hydrogens (tertiary/aromatic N) is 2. The minimum absolute atomic E-state index is 0.0327. The van der Waals surface area contributed by atoms with Gasteiger partial charge in [-0.2, -0.15) is 17.0 Å². The zero-order valence-electron chi connectivity index (χ0n) is 17.3. The van der Waals surface area contributed by atoms with E-state index in [1.165, 1.54) is 0 Å². The largest absolute Gasteiger partial charge is 0.444 e. The number of nitriles is 1. The maximum absolute atomic E-state index is 13.2. The summed E-state index contributed by atoms with van der Waals surface area (Å²) in [7, 11) is 0. The van der Waals surface area contributed by atoms with Crippen LogP contribution in [0.5, 0.6) is 0 Å². The number of alkyl carbamates (subject to hydrolysis) is 1. The monoisotopic (exact) mass is 383 g/mol. The van der Waals surface area contributed by atoms with Gasteiger partial charge in [-0.05, 0) is 40.0 Å². The molecular formula is C19H33N3O3S. The van der Waals surface area contributed by atoms with Crippen LogP contribution < -0.4 is 5.32 Å². The van der Waals surface area contributed by atoms with E-state index in [-0.39, 0.29) is 22.6 Å². The molecule has 1 heterocycles. The maximum Gasteiger partial charge on any atom is 0.408 e. The number of amides is 2. The lowest BCUT2D eigenvalue weighted by Gasteiger charge is -2.32. The highest BCUT2D eigenvalue weighted by Crippen LogP contribution is 2.31. The van der Waals surface area contributed by atoms with E-state index >= 15 is 0 Å². The fourth-order valence-corrected chi connectivity index (χ4v) is 3.72. The average molecular weight is 384 g/mol. The molecule has 4 atom stereocenters. The van der Waals surface area contributed by atoms with Crippen LogP contribution in [0.15, 0.2) is 0 Å². The van der Waals surface area contributed by atoms with Gasteiger partial charge in [0.2, 0.25) is 5.91 Å². The van der Waals surface area contributed by atoms with Crippen LogP contribution >= 0.6 is 11.8 Å². The van der Waals surface area contributed by atoms with Gasteiger partial charge in [0, 0.05) is 16.5 Å². The van der Waals surface area contributed by atoms with Crippen LogP contribution in [0.25, 0.3) is 0 Å². The fraction of sp³-hybridized carbons (Fsp3) is 0.842. The Morgan fingerprint density at radius 1 is 1.27 bits per heavy atom. The van der Waals surface area contributed by atoms with Crippen LogP contribution in [-0.4, -0.2) is 51.1 Å². The van der Waals surface area contributed by atoms with Gasteiger partial charge in [0.15, 0.2) is 0 Å². The number of carbonyl (C=O) groups is 2. The van der Waals surface area contributed by atoms with Gasteiger partial charge in [0.25, 0.3) is 0 Å². The zero-order valence-corrected chi connectivity index (χ0v) is 18.1. The van der Waals surface area contributed by atoms with Crippen molar-refractivity contribution < 1.29 is 14.3 Å². The fourth-order valence-electron chi connectivity index (χ4n) is 2.83. The van der Waals surface area contributed by atoms with Gasteiger partial charge in [0.1, 0.15) is 17.7 Å². The molecule has 26 heavy (non-hydrogen) atoms. The second-order valence-corrected chi connectivity index (χ2v) is 10.8. The molecule has 0 spiro atoms. The third-order valence-electron chi connectivity index (χ3n) is 4.27. The minimum atomic E-state index is -0.724. The van der Waals surface area contributed by atoms with Crippen molar-refractivity contribution in [2.75, 3.05) is 5.75 Å². The van der Waals surface area contributed by atoms with Crippen LogP contribution in [0.2, 0.25) is 0 Å². The van der Waals surface area contributed by atoms with Gasteiger partial charge < -0.3 is 15.0 Å². The van der Waals surface area contributed by atoms with Crippen LogP contribution in [0.3, 0.4) is 0 Å². The van der Waals surface area contributed by atoms with Crippen LogP contribution in [0, 0.1) is 17.2 Å². The van der Waals surface area contributed by atoms with Crippen LogP contribution in [0.4, 0.5) is 4.79 Å². The molecule has 0 radical (unpaired) electrons. The molecule has 1 aliphatic heterocycles. The number of hydrogen-bond acceptors (Lipinski definition) is 5. The Hall–Kier alpha value is -1.42. The summed E-state index contributed by atoms with van der Waals surface area (Å²) in [5.41, 5.74) is -0.639. The minimum Gasteiger partial charge on any atom is -0.444 e. The highest BCUT2D eigenvalue weighted by Gasteiger charge is 2.42. The molecule has 7 heteroatoms. The summed E-state index contributed by atoms with van der Waals surface area (Å²) in [4.78, 5) is 27.0. The van der Waals surface area contributed by atoms with Gasteiger partial charge in [0.05, 0.1) is 6.07 Å². The van der Waals surface area contributed by atoms with E-state index < -0.39 is 23.8 Å². The number of rotatable bonds is 4. The van der Waals surface area contributed by atoms with E-state index in [1.807, 2.05) is 13.8 Å². The van der Waals surface area contributed by atoms with E-state index in [2.05, 4.69) is 32.2 Å². The molecule has 1 aliphatic rings. The molecule has 2 amide bonds. The molecule has 0 aromatic heterocycles. The Morgan fingerprint density at radius 2 is 1.85 bits per heavy atom. The SMILES string of the molecule is C[C@H]1C[C@@H](C#N)N(C(=O)[C@H](CSC(C)(C)C)NC(=O)OC(C)(C)C)[C@H]1C. The Kier molecular flexibility index (Phi) is 7.41. The molecule has 1 saturated heterocycles. The number of nitrogens with one attached hydrogen (secondary N) is 1. The van der Waals surface area contributed by atoms with Crippen molar-refractivity contribution in [3.63, 3.8) is 0 Å². The molecule has 148 valence electrons. The quantitative estimate of drug-likeness (QED) is 0.802. The number of carbonyl (C=O) groups excluding carboxylic acids is 2. The Morgan fingerprint density at radius 3 is 2.31 bits per heavy atom. The summed E-state index contributed by atoms with van der Waals surface area (Å²) in [6, 6.07) is 1.02. The molecule has 0 unspecified atom stereocenters. The molecule has 0 aromatic rings. The molecule has 6 nitrogen and oxygen atoms in total. The second kappa shape index (κ2) is 8.51. The van der Waals surface area contributed by atoms with Gasteiger partial charge in [-0.25, -0.2) is 4.79 Å². The van der Waals surface area contributed by atoms with Gasteiger partial charge in [-0.15, -0.1) is 0 Å². The van der Waals surface area contributed by atoms with Gasteiger partial charge in [-0.1, -0.05) is 27.7 Å². The van der Waals surface area contributed by atoms with E-state index in [0.717, 1.165) is 0 Å². The second-order valence-electron chi connectivity index (χ2n) is 8.97. The lowest BCUT2D eigenvalue weighted by Crippen LogP contribution is -2.54. The Bertz CT molecular complexity index is 560. The van der Waals surface area contributed by atoms with Crippen molar-refractivity contribution in [3.8, 4) is 6.07 Å². The summed E-state index contributed by atoms with van der Waals surface area (Å²) in [5, 5.41) is 12.2. The van der Waals surface area contributed by atoms with Crippen LogP contribution in [-0.2, 0) is 9.53 Å². The normalized spacial score (nSPS) is 24.7. The number of thioether (sulfide) groups is 1. The van der Waals surface area contributed by atoms with Crippen LogP contribution in [0.1, 0.15) is 61.8 Å².